The minimum Gasteiger partial charge on any atom is -0.495 e. The van der Waals surface area contributed by atoms with Gasteiger partial charge in [-0.3, -0.25) is 4.79 Å². The maximum Gasteiger partial charge on any atom is 0.246 e. The number of rotatable bonds is 10. The second-order valence-corrected chi connectivity index (χ2v) is 10.9. The van der Waals surface area contributed by atoms with Crippen molar-refractivity contribution < 1.29 is 27.4 Å². The zero-order valence-corrected chi connectivity index (χ0v) is 22.0. The minimum atomic E-state index is -3.80. The number of benzene rings is 2. The molecular formula is C26H36N2O6S. The van der Waals surface area contributed by atoms with Gasteiger partial charge < -0.3 is 19.5 Å². The molecule has 1 aliphatic rings. The summed E-state index contributed by atoms with van der Waals surface area (Å²) in [6.45, 7) is 5.01. The van der Waals surface area contributed by atoms with Crippen LogP contribution >= 0.6 is 0 Å². The second kappa shape index (κ2) is 11.8. The molecule has 1 saturated heterocycles. The molecule has 0 bridgehead atoms. The summed E-state index contributed by atoms with van der Waals surface area (Å²) in [5.41, 5.74) is 1.93. The zero-order chi connectivity index (χ0) is 25.6. The summed E-state index contributed by atoms with van der Waals surface area (Å²) in [6.07, 6.45) is 1.90. The Morgan fingerprint density at radius 2 is 1.71 bits per heavy atom. The average molecular weight is 505 g/mol. The average Bonchev–Trinajstić information content (AvgIpc) is 2.88. The fourth-order valence-electron chi connectivity index (χ4n) is 4.28. The molecule has 3 rings (SSSR count). The predicted octanol–water partition coefficient (Wildman–Crippen LogP) is 3.60. The zero-order valence-electron chi connectivity index (χ0n) is 21.2. The minimum absolute atomic E-state index is 0.131. The number of sulfonamides is 1. The summed E-state index contributed by atoms with van der Waals surface area (Å²) in [6, 6.07) is 10.9. The SMILES string of the molecule is COc1ccc(CCNC(=O)[C@@H]2CCCN(S(=O)(=O)c3cc(C(C)C)ccc3OC)C2)cc1OC. The molecule has 0 saturated carbocycles. The largest absolute Gasteiger partial charge is 0.495 e. The van der Waals surface area contributed by atoms with Crippen LogP contribution in [0.3, 0.4) is 0 Å². The van der Waals surface area contributed by atoms with Gasteiger partial charge >= 0.3 is 0 Å². The number of carbonyl (C=O) groups excluding carboxylic acids is 1. The maximum absolute atomic E-state index is 13.5. The van der Waals surface area contributed by atoms with Crippen LogP contribution in [0.4, 0.5) is 0 Å². The highest BCUT2D eigenvalue weighted by Crippen LogP contribution is 2.32. The number of carbonyl (C=O) groups is 1. The van der Waals surface area contributed by atoms with E-state index in [4.69, 9.17) is 14.2 Å². The molecule has 35 heavy (non-hydrogen) atoms. The molecule has 1 amide bonds. The summed E-state index contributed by atoms with van der Waals surface area (Å²) in [7, 11) is 0.834. The Bertz CT molecular complexity index is 1130. The van der Waals surface area contributed by atoms with Crippen LogP contribution in [0.2, 0.25) is 0 Å². The fraction of sp³-hybridized carbons (Fsp3) is 0.500. The topological polar surface area (TPSA) is 94.2 Å². The predicted molar refractivity (Wildman–Crippen MR) is 135 cm³/mol. The molecule has 1 fully saturated rings. The third-order valence-electron chi connectivity index (χ3n) is 6.39. The number of nitrogens with zero attached hydrogens (tertiary/aromatic N) is 1. The molecule has 2 aromatic carbocycles. The van der Waals surface area contributed by atoms with Gasteiger partial charge in [0, 0.05) is 19.6 Å². The van der Waals surface area contributed by atoms with Crippen LogP contribution in [-0.4, -0.2) is 59.6 Å². The molecule has 1 aliphatic heterocycles. The van der Waals surface area contributed by atoms with Crippen LogP contribution in [0.15, 0.2) is 41.3 Å². The van der Waals surface area contributed by atoms with E-state index in [0.717, 1.165) is 11.1 Å². The number of hydrogen-bond acceptors (Lipinski definition) is 6. The van der Waals surface area contributed by atoms with E-state index in [1.807, 2.05) is 38.1 Å². The van der Waals surface area contributed by atoms with Crippen molar-refractivity contribution >= 4 is 15.9 Å². The lowest BCUT2D eigenvalue weighted by Gasteiger charge is -2.31. The van der Waals surface area contributed by atoms with Crippen molar-refractivity contribution in [1.29, 1.82) is 0 Å². The van der Waals surface area contributed by atoms with E-state index in [0.29, 0.717) is 49.6 Å². The van der Waals surface area contributed by atoms with Crippen molar-refractivity contribution in [2.45, 2.75) is 43.9 Å². The third kappa shape index (κ3) is 6.27. The van der Waals surface area contributed by atoms with Crippen LogP contribution in [0.1, 0.15) is 43.7 Å². The van der Waals surface area contributed by atoms with E-state index in [9.17, 15) is 13.2 Å². The number of ether oxygens (including phenoxy) is 3. The van der Waals surface area contributed by atoms with Gasteiger partial charge in [-0.2, -0.15) is 4.31 Å². The van der Waals surface area contributed by atoms with E-state index in [1.54, 1.807) is 26.4 Å². The Hall–Kier alpha value is -2.78. The van der Waals surface area contributed by atoms with Gasteiger partial charge in [-0.15, -0.1) is 0 Å². The first-order chi connectivity index (χ1) is 16.7. The normalized spacial score (nSPS) is 16.7. The maximum atomic E-state index is 13.5. The molecule has 0 spiro atoms. The Morgan fingerprint density at radius 3 is 2.37 bits per heavy atom. The molecule has 8 nitrogen and oxygen atoms in total. The molecular weight excluding hydrogens is 468 g/mol. The van der Waals surface area contributed by atoms with Crippen LogP contribution in [0.25, 0.3) is 0 Å². The van der Waals surface area contributed by atoms with E-state index in [2.05, 4.69) is 5.32 Å². The van der Waals surface area contributed by atoms with Crippen LogP contribution in [0.5, 0.6) is 17.2 Å². The van der Waals surface area contributed by atoms with Gasteiger partial charge in [-0.25, -0.2) is 8.42 Å². The van der Waals surface area contributed by atoms with Crippen LogP contribution < -0.4 is 19.5 Å². The number of nitrogens with one attached hydrogen (secondary N) is 1. The third-order valence-corrected chi connectivity index (χ3v) is 8.27. The standard InChI is InChI=1S/C26H36N2O6S/c1-18(2)20-9-11-23(33-4)25(16-20)35(30,31)28-14-6-7-21(17-28)26(29)27-13-12-19-8-10-22(32-3)24(15-19)34-5/h8-11,15-16,18,21H,6-7,12-14,17H2,1-5H3,(H,27,29)/t21-/m1/s1. The smallest absolute Gasteiger partial charge is 0.246 e. The Labute approximate surface area is 208 Å². The molecule has 0 aliphatic carbocycles. The van der Waals surface area contributed by atoms with Crippen molar-refractivity contribution in [3.63, 3.8) is 0 Å². The Balaban J connectivity index is 1.65. The van der Waals surface area contributed by atoms with E-state index in [-0.39, 0.29) is 23.3 Å². The Kier molecular flexibility index (Phi) is 9.02. The molecule has 1 N–H and O–H groups in total. The molecule has 0 aromatic heterocycles. The van der Waals surface area contributed by atoms with Gasteiger partial charge in [0.25, 0.3) is 0 Å². The first kappa shape index (κ1) is 26.8. The molecule has 192 valence electrons. The van der Waals surface area contributed by atoms with Crippen LogP contribution in [0, 0.1) is 5.92 Å². The van der Waals surface area contributed by atoms with Gasteiger partial charge in [0.15, 0.2) is 11.5 Å². The lowest BCUT2D eigenvalue weighted by molar-refractivity contribution is -0.126. The highest BCUT2D eigenvalue weighted by Gasteiger charge is 2.35. The summed E-state index contributed by atoms with van der Waals surface area (Å²) in [4.78, 5) is 13.0. The lowest BCUT2D eigenvalue weighted by Crippen LogP contribution is -2.45. The van der Waals surface area contributed by atoms with E-state index in [1.165, 1.54) is 11.4 Å². The summed E-state index contributed by atoms with van der Waals surface area (Å²) < 4.78 is 44.4. The first-order valence-electron chi connectivity index (χ1n) is 11.9. The summed E-state index contributed by atoms with van der Waals surface area (Å²) in [5.74, 6) is 1.26. The quantitative estimate of drug-likeness (QED) is 0.531. The number of piperidine rings is 1. The molecule has 1 heterocycles. The van der Waals surface area contributed by atoms with Crippen molar-refractivity contribution in [3.05, 3.63) is 47.5 Å². The van der Waals surface area contributed by atoms with Crippen molar-refractivity contribution in [3.8, 4) is 17.2 Å². The number of hydrogen-bond donors (Lipinski definition) is 1. The van der Waals surface area contributed by atoms with Gasteiger partial charge in [0.2, 0.25) is 15.9 Å². The first-order valence-corrected chi connectivity index (χ1v) is 13.3. The molecule has 9 heteroatoms. The fourth-order valence-corrected chi connectivity index (χ4v) is 5.99. The van der Waals surface area contributed by atoms with Crippen LogP contribution in [-0.2, 0) is 21.2 Å². The number of amides is 1. The lowest BCUT2D eigenvalue weighted by atomic mass is 9.98. The Morgan fingerprint density at radius 1 is 1.03 bits per heavy atom. The summed E-state index contributed by atoms with van der Waals surface area (Å²) in [5, 5.41) is 2.97. The van der Waals surface area contributed by atoms with Gasteiger partial charge in [-0.05, 0) is 60.6 Å². The number of methoxy groups -OCH3 is 3. The molecule has 0 radical (unpaired) electrons. The van der Waals surface area contributed by atoms with Crippen molar-refractivity contribution in [1.82, 2.24) is 9.62 Å². The van der Waals surface area contributed by atoms with Gasteiger partial charge in [0.1, 0.15) is 10.6 Å². The van der Waals surface area contributed by atoms with Gasteiger partial charge in [-0.1, -0.05) is 26.0 Å². The van der Waals surface area contributed by atoms with E-state index < -0.39 is 15.9 Å². The van der Waals surface area contributed by atoms with Crippen molar-refractivity contribution in [2.24, 2.45) is 5.92 Å². The molecule has 2 aromatic rings. The van der Waals surface area contributed by atoms with Gasteiger partial charge in [0.05, 0.1) is 27.2 Å². The highest BCUT2D eigenvalue weighted by atomic mass is 32.2. The molecule has 0 unspecified atom stereocenters. The second-order valence-electron chi connectivity index (χ2n) is 9.00. The molecule has 1 atom stereocenters. The van der Waals surface area contributed by atoms with Crippen molar-refractivity contribution in [2.75, 3.05) is 41.0 Å². The van der Waals surface area contributed by atoms with E-state index >= 15 is 0 Å². The highest BCUT2D eigenvalue weighted by molar-refractivity contribution is 7.89. The summed E-state index contributed by atoms with van der Waals surface area (Å²) >= 11 is 0. The monoisotopic (exact) mass is 504 g/mol.